The molecule has 0 aromatic heterocycles. The van der Waals surface area contributed by atoms with E-state index in [1.165, 1.54) is 19.9 Å². The molecule has 5 heteroatoms. The monoisotopic (exact) mass is 163 g/mol. The standard InChI is InChI=1S/C5H9NO3S/c1-5(2,6-4-7)10(3,8)9/h1-3H3. The van der Waals surface area contributed by atoms with E-state index < -0.39 is 14.7 Å². The highest BCUT2D eigenvalue weighted by Crippen LogP contribution is 2.14. The van der Waals surface area contributed by atoms with Crippen LogP contribution in [0.25, 0.3) is 0 Å². The molecular formula is C5H9NO3S. The van der Waals surface area contributed by atoms with Crippen molar-refractivity contribution in [2.24, 2.45) is 4.99 Å². The van der Waals surface area contributed by atoms with Crippen molar-refractivity contribution in [1.82, 2.24) is 0 Å². The molecule has 0 aliphatic heterocycles. The molecule has 0 aromatic carbocycles. The number of sulfone groups is 1. The van der Waals surface area contributed by atoms with Crippen LogP contribution < -0.4 is 0 Å². The fraction of sp³-hybridized carbons (Fsp3) is 0.800. The van der Waals surface area contributed by atoms with E-state index >= 15 is 0 Å². The van der Waals surface area contributed by atoms with Gasteiger partial charge in [-0.2, -0.15) is 4.99 Å². The number of hydrogen-bond acceptors (Lipinski definition) is 4. The Morgan fingerprint density at radius 2 is 1.80 bits per heavy atom. The van der Waals surface area contributed by atoms with E-state index in [4.69, 9.17) is 0 Å². The number of rotatable bonds is 2. The van der Waals surface area contributed by atoms with Gasteiger partial charge in [-0.05, 0) is 13.8 Å². The lowest BCUT2D eigenvalue weighted by Gasteiger charge is -2.13. The Morgan fingerprint density at radius 3 is 1.90 bits per heavy atom. The van der Waals surface area contributed by atoms with Gasteiger partial charge in [0.2, 0.25) is 6.08 Å². The van der Waals surface area contributed by atoms with Crippen molar-refractivity contribution in [2.75, 3.05) is 6.26 Å². The maximum Gasteiger partial charge on any atom is 0.236 e. The Kier molecular flexibility index (Phi) is 2.35. The summed E-state index contributed by atoms with van der Waals surface area (Å²) in [4.78, 5) is 11.5. The summed E-state index contributed by atoms with van der Waals surface area (Å²) >= 11 is 0. The lowest BCUT2D eigenvalue weighted by Crippen LogP contribution is -2.27. The first-order valence-electron chi connectivity index (χ1n) is 2.60. The third-order valence-electron chi connectivity index (χ3n) is 1.22. The molecule has 0 saturated carbocycles. The van der Waals surface area contributed by atoms with E-state index in [-0.39, 0.29) is 0 Å². The lowest BCUT2D eigenvalue weighted by atomic mass is 10.4. The van der Waals surface area contributed by atoms with Crippen LogP contribution in [0.3, 0.4) is 0 Å². The van der Waals surface area contributed by atoms with Crippen molar-refractivity contribution < 1.29 is 13.2 Å². The van der Waals surface area contributed by atoms with Crippen LogP contribution in [-0.4, -0.2) is 25.6 Å². The highest BCUT2D eigenvalue weighted by molar-refractivity contribution is 7.92. The van der Waals surface area contributed by atoms with Gasteiger partial charge in [-0.1, -0.05) is 0 Å². The van der Waals surface area contributed by atoms with Crippen molar-refractivity contribution >= 4 is 15.9 Å². The van der Waals surface area contributed by atoms with Crippen LogP contribution in [-0.2, 0) is 14.6 Å². The first-order chi connectivity index (χ1) is 4.31. The normalized spacial score (nSPS) is 12.3. The van der Waals surface area contributed by atoms with Gasteiger partial charge in [-0.3, -0.25) is 0 Å². The molecule has 0 amide bonds. The van der Waals surface area contributed by atoms with E-state index in [9.17, 15) is 13.2 Å². The smallest absolute Gasteiger partial charge is 0.227 e. The van der Waals surface area contributed by atoms with Crippen LogP contribution in [0, 0.1) is 0 Å². The highest BCUT2D eigenvalue weighted by Gasteiger charge is 2.29. The van der Waals surface area contributed by atoms with Crippen LogP contribution in [0.15, 0.2) is 4.99 Å². The molecular weight excluding hydrogens is 154 g/mol. The number of hydrogen-bond donors (Lipinski definition) is 0. The van der Waals surface area contributed by atoms with Crippen molar-refractivity contribution in [1.29, 1.82) is 0 Å². The average molecular weight is 163 g/mol. The summed E-state index contributed by atoms with van der Waals surface area (Å²) in [6, 6.07) is 0. The summed E-state index contributed by atoms with van der Waals surface area (Å²) in [5.74, 6) is 0. The molecule has 0 rings (SSSR count). The second kappa shape index (κ2) is 2.52. The molecule has 0 aliphatic carbocycles. The minimum atomic E-state index is -3.29. The Hall–Kier alpha value is -0.670. The molecule has 0 fully saturated rings. The van der Waals surface area contributed by atoms with Crippen LogP contribution in [0.5, 0.6) is 0 Å². The molecule has 4 nitrogen and oxygen atoms in total. The maximum absolute atomic E-state index is 10.8. The molecule has 0 N–H and O–H groups in total. The molecule has 0 bridgehead atoms. The molecule has 10 heavy (non-hydrogen) atoms. The van der Waals surface area contributed by atoms with Crippen molar-refractivity contribution in [3.05, 3.63) is 0 Å². The molecule has 0 aromatic rings. The van der Waals surface area contributed by atoms with Gasteiger partial charge in [0, 0.05) is 6.26 Å². The van der Waals surface area contributed by atoms with Gasteiger partial charge in [0.15, 0.2) is 14.7 Å². The van der Waals surface area contributed by atoms with Crippen molar-refractivity contribution in [3.8, 4) is 0 Å². The average Bonchev–Trinajstić information content (AvgIpc) is 1.61. The third-order valence-corrected chi connectivity index (χ3v) is 3.13. The fourth-order valence-corrected chi connectivity index (χ4v) is 0.396. The molecule has 0 aliphatic rings. The molecule has 0 spiro atoms. The van der Waals surface area contributed by atoms with Crippen LogP contribution >= 0.6 is 0 Å². The Balaban J connectivity index is 4.94. The topological polar surface area (TPSA) is 63.6 Å². The van der Waals surface area contributed by atoms with E-state index in [2.05, 4.69) is 4.99 Å². The summed E-state index contributed by atoms with van der Waals surface area (Å²) in [6.45, 7) is 2.68. The minimum Gasteiger partial charge on any atom is -0.227 e. The zero-order chi connectivity index (χ0) is 8.41. The molecule has 0 atom stereocenters. The Morgan fingerprint density at radius 1 is 1.40 bits per heavy atom. The Bertz CT molecular complexity index is 259. The van der Waals surface area contributed by atoms with Crippen LogP contribution in [0.4, 0.5) is 0 Å². The lowest BCUT2D eigenvalue weighted by molar-refractivity contribution is 0.540. The second-order valence-electron chi connectivity index (χ2n) is 2.42. The molecule has 0 radical (unpaired) electrons. The number of aliphatic imine (C=N–C) groups is 1. The van der Waals surface area contributed by atoms with Crippen LogP contribution in [0.1, 0.15) is 13.8 Å². The minimum absolute atomic E-state index is 1.02. The molecule has 0 unspecified atom stereocenters. The Labute approximate surface area is 59.9 Å². The van der Waals surface area contributed by atoms with Crippen molar-refractivity contribution in [2.45, 2.75) is 18.7 Å². The first kappa shape index (κ1) is 9.33. The van der Waals surface area contributed by atoms with Gasteiger partial charge in [0.1, 0.15) is 0 Å². The summed E-state index contributed by atoms with van der Waals surface area (Å²) in [5.41, 5.74) is 0. The van der Waals surface area contributed by atoms with E-state index in [1.807, 2.05) is 0 Å². The molecule has 0 heterocycles. The zero-order valence-electron chi connectivity index (χ0n) is 6.08. The predicted molar refractivity (Wildman–Crippen MR) is 37.0 cm³/mol. The quantitative estimate of drug-likeness (QED) is 0.428. The summed E-state index contributed by atoms with van der Waals surface area (Å²) in [7, 11) is -3.29. The number of nitrogens with zero attached hydrogens (tertiary/aromatic N) is 1. The SMILES string of the molecule is CC(C)(N=C=O)S(C)(=O)=O. The first-order valence-corrected chi connectivity index (χ1v) is 4.49. The van der Waals surface area contributed by atoms with Gasteiger partial charge >= 0.3 is 0 Å². The van der Waals surface area contributed by atoms with Crippen LogP contribution in [0.2, 0.25) is 0 Å². The number of carbonyl (C=O) groups excluding carboxylic acids is 1. The number of isocyanates is 1. The van der Waals surface area contributed by atoms with E-state index in [0.717, 1.165) is 6.26 Å². The summed E-state index contributed by atoms with van der Waals surface area (Å²) < 4.78 is 21.5. The largest absolute Gasteiger partial charge is 0.236 e. The van der Waals surface area contributed by atoms with Gasteiger partial charge in [0.25, 0.3) is 0 Å². The molecule has 0 saturated heterocycles. The summed E-state index contributed by atoms with van der Waals surface area (Å²) in [5, 5.41) is 0. The summed E-state index contributed by atoms with van der Waals surface area (Å²) in [6.07, 6.45) is 2.23. The van der Waals surface area contributed by atoms with Gasteiger partial charge in [0.05, 0.1) is 0 Å². The zero-order valence-corrected chi connectivity index (χ0v) is 6.90. The van der Waals surface area contributed by atoms with Gasteiger partial charge in [-0.25, -0.2) is 13.2 Å². The predicted octanol–water partition coefficient (Wildman–Crippen LogP) is 0.103. The van der Waals surface area contributed by atoms with E-state index in [1.54, 1.807) is 0 Å². The van der Waals surface area contributed by atoms with Gasteiger partial charge in [-0.15, -0.1) is 0 Å². The fourth-order valence-electron chi connectivity index (χ4n) is 0.193. The maximum atomic E-state index is 10.8. The highest BCUT2D eigenvalue weighted by atomic mass is 32.2. The van der Waals surface area contributed by atoms with Gasteiger partial charge < -0.3 is 0 Å². The second-order valence-corrected chi connectivity index (χ2v) is 4.97. The van der Waals surface area contributed by atoms with E-state index in [0.29, 0.717) is 0 Å². The van der Waals surface area contributed by atoms with Crippen molar-refractivity contribution in [3.63, 3.8) is 0 Å². The molecule has 58 valence electrons. The third kappa shape index (κ3) is 1.93.